The average Bonchev–Trinajstić information content (AvgIpc) is 3.12. The third kappa shape index (κ3) is 3.18. The van der Waals surface area contributed by atoms with Crippen LogP contribution in [0.2, 0.25) is 5.02 Å². The van der Waals surface area contributed by atoms with Gasteiger partial charge in [-0.25, -0.2) is 9.97 Å². The number of anilines is 2. The Morgan fingerprint density at radius 3 is 2.61 bits per heavy atom. The van der Waals surface area contributed by atoms with E-state index in [0.717, 1.165) is 44.3 Å². The fourth-order valence-electron chi connectivity index (χ4n) is 5.21. The Balaban J connectivity index is 1.28. The smallest absolute Gasteiger partial charge is 0.238 e. The lowest BCUT2D eigenvalue weighted by molar-refractivity contribution is 0.143. The molecule has 11 heteroatoms. The van der Waals surface area contributed by atoms with Crippen LogP contribution in [0.5, 0.6) is 5.88 Å². The van der Waals surface area contributed by atoms with E-state index in [1.54, 1.807) is 12.4 Å². The second-order valence-electron chi connectivity index (χ2n) is 8.91. The second-order valence-corrected chi connectivity index (χ2v) is 10.7. The lowest BCUT2D eigenvalue weighted by Gasteiger charge is -2.55. The van der Waals surface area contributed by atoms with Crippen LogP contribution in [0.3, 0.4) is 0 Å². The lowest BCUT2D eigenvalue weighted by Crippen LogP contribution is -2.61. The molecule has 9 nitrogen and oxygen atoms in total. The van der Waals surface area contributed by atoms with Crippen molar-refractivity contribution in [2.45, 2.75) is 67.0 Å². The van der Waals surface area contributed by atoms with Crippen molar-refractivity contribution in [1.29, 1.82) is 0 Å². The average molecular weight is 463 g/mol. The molecule has 2 aromatic rings. The number of hydrogen-bond donors (Lipinski definition) is 2. The van der Waals surface area contributed by atoms with Gasteiger partial charge in [-0.3, -0.25) is 4.21 Å². The molecule has 0 amide bonds. The van der Waals surface area contributed by atoms with Crippen LogP contribution in [0, 0.1) is 0 Å². The van der Waals surface area contributed by atoms with Crippen molar-refractivity contribution in [3.8, 4) is 5.88 Å². The third-order valence-electron chi connectivity index (χ3n) is 7.03. The molecule has 2 saturated carbocycles. The van der Waals surface area contributed by atoms with Crippen LogP contribution in [0.1, 0.15) is 50.3 Å². The van der Waals surface area contributed by atoms with E-state index in [9.17, 15) is 9.32 Å². The Morgan fingerprint density at radius 1 is 1.23 bits per heavy atom. The Kier molecular flexibility index (Phi) is 4.59. The summed E-state index contributed by atoms with van der Waals surface area (Å²) < 4.78 is 18.1. The van der Waals surface area contributed by atoms with Crippen molar-refractivity contribution in [3.63, 3.8) is 0 Å². The van der Waals surface area contributed by atoms with Crippen LogP contribution < -0.4 is 15.0 Å². The summed E-state index contributed by atoms with van der Waals surface area (Å²) in [6.45, 7) is 0.0202. The van der Waals surface area contributed by atoms with Crippen LogP contribution in [-0.4, -0.2) is 59.4 Å². The zero-order valence-corrected chi connectivity index (χ0v) is 18.4. The third-order valence-corrected chi connectivity index (χ3v) is 8.38. The molecule has 2 aliphatic carbocycles. The quantitative estimate of drug-likeness (QED) is 0.690. The summed E-state index contributed by atoms with van der Waals surface area (Å²) in [6.07, 6.45) is 9.02. The van der Waals surface area contributed by atoms with Gasteiger partial charge in [-0.2, -0.15) is 9.97 Å². The summed E-state index contributed by atoms with van der Waals surface area (Å²) in [5, 5.41) is 13.8. The first kappa shape index (κ1) is 19.6. The van der Waals surface area contributed by atoms with E-state index in [2.05, 4.69) is 25.2 Å². The monoisotopic (exact) mass is 462 g/mol. The molecule has 2 N–H and O–H groups in total. The molecule has 3 atom stereocenters. The highest BCUT2D eigenvalue weighted by Crippen LogP contribution is 2.48. The van der Waals surface area contributed by atoms with Crippen molar-refractivity contribution in [2.24, 2.45) is 0 Å². The number of nitrogens with one attached hydrogen (secondary N) is 1. The summed E-state index contributed by atoms with van der Waals surface area (Å²) >= 11 is 5.93. The molecule has 0 radical (unpaired) electrons. The summed E-state index contributed by atoms with van der Waals surface area (Å²) in [5.74, 6) is 2.75. The van der Waals surface area contributed by atoms with E-state index in [1.807, 2.05) is 0 Å². The number of aliphatic hydroxyl groups excluding tert-OH is 1. The van der Waals surface area contributed by atoms with E-state index in [0.29, 0.717) is 45.6 Å². The molecule has 4 fully saturated rings. The van der Waals surface area contributed by atoms with E-state index < -0.39 is 16.3 Å². The Hall–Kier alpha value is -2.04. The van der Waals surface area contributed by atoms with Gasteiger partial charge in [-0.1, -0.05) is 11.6 Å². The van der Waals surface area contributed by atoms with Gasteiger partial charge < -0.3 is 20.1 Å². The van der Waals surface area contributed by atoms with Crippen LogP contribution in [0.4, 0.5) is 11.8 Å². The second kappa shape index (κ2) is 7.25. The number of nitrogens with zero attached hydrogens (tertiary/aromatic N) is 5. The summed E-state index contributed by atoms with van der Waals surface area (Å²) in [4.78, 5) is 21.0. The number of aliphatic hydroxyl groups is 1. The Bertz CT molecular complexity index is 1030. The van der Waals surface area contributed by atoms with Crippen LogP contribution >= 0.6 is 11.6 Å². The number of piperidine rings is 1. The molecule has 0 aromatic carbocycles. The molecular weight excluding hydrogens is 440 g/mol. The minimum absolute atomic E-state index is 0.0202. The molecule has 3 unspecified atom stereocenters. The summed E-state index contributed by atoms with van der Waals surface area (Å²) in [7, 11) is -1.30. The van der Waals surface area contributed by atoms with Gasteiger partial charge in [0.2, 0.25) is 11.8 Å². The number of aromatic nitrogens is 4. The SMILES string of the molecule is O=S1COc2nc(N3C4CC(c5ncc(Cl)cn5)CC3C4)nc(NC3(CO)CCC3)c21. The highest BCUT2D eigenvalue weighted by atomic mass is 35.5. The molecule has 5 heterocycles. The normalized spacial score (nSPS) is 30.1. The topological polar surface area (TPSA) is 113 Å². The largest absolute Gasteiger partial charge is 0.463 e. The van der Waals surface area contributed by atoms with Gasteiger partial charge in [-0.05, 0) is 38.5 Å². The first-order valence-corrected chi connectivity index (χ1v) is 12.3. The zero-order chi connectivity index (χ0) is 21.2. The van der Waals surface area contributed by atoms with E-state index in [1.165, 1.54) is 0 Å². The zero-order valence-electron chi connectivity index (χ0n) is 16.8. The molecule has 5 aliphatic rings. The fourth-order valence-corrected chi connectivity index (χ4v) is 6.26. The fraction of sp³-hybridized carbons (Fsp3) is 0.600. The molecule has 7 rings (SSSR count). The van der Waals surface area contributed by atoms with Crippen molar-refractivity contribution in [2.75, 3.05) is 22.8 Å². The van der Waals surface area contributed by atoms with Crippen LogP contribution in [0.25, 0.3) is 0 Å². The number of halogens is 1. The first-order chi connectivity index (χ1) is 15.0. The maximum atomic E-state index is 12.5. The number of rotatable bonds is 5. The predicted octanol–water partition coefficient (Wildman–Crippen LogP) is 2.23. The van der Waals surface area contributed by atoms with Crippen LogP contribution in [0.15, 0.2) is 17.3 Å². The molecule has 164 valence electrons. The van der Waals surface area contributed by atoms with Gasteiger partial charge in [0.1, 0.15) is 21.5 Å². The summed E-state index contributed by atoms with van der Waals surface area (Å²) in [6, 6.07) is 0.604. The molecule has 3 aliphatic heterocycles. The maximum absolute atomic E-state index is 12.5. The minimum atomic E-state index is -1.30. The van der Waals surface area contributed by atoms with E-state index in [4.69, 9.17) is 21.3 Å². The molecule has 2 aromatic heterocycles. The van der Waals surface area contributed by atoms with Crippen molar-refractivity contribution in [3.05, 3.63) is 23.2 Å². The number of fused-ring (bicyclic) bond motifs is 3. The van der Waals surface area contributed by atoms with E-state index >= 15 is 0 Å². The highest BCUT2D eigenvalue weighted by Gasteiger charge is 2.48. The molecule has 0 spiro atoms. The van der Waals surface area contributed by atoms with Crippen molar-refractivity contribution in [1.82, 2.24) is 19.9 Å². The molecule has 2 saturated heterocycles. The van der Waals surface area contributed by atoms with Crippen molar-refractivity contribution >= 4 is 34.2 Å². The van der Waals surface area contributed by atoms with E-state index in [-0.39, 0.29) is 12.5 Å². The van der Waals surface area contributed by atoms with Gasteiger partial charge in [-0.15, -0.1) is 0 Å². The lowest BCUT2D eigenvalue weighted by atomic mass is 9.73. The molecule has 31 heavy (non-hydrogen) atoms. The molecular formula is C20H23ClN6O3S. The van der Waals surface area contributed by atoms with Crippen LogP contribution in [-0.2, 0) is 10.8 Å². The number of hydrogen-bond acceptors (Lipinski definition) is 9. The van der Waals surface area contributed by atoms with Gasteiger partial charge in [0.15, 0.2) is 11.8 Å². The first-order valence-electron chi connectivity index (χ1n) is 10.6. The number of ether oxygens (including phenoxy) is 1. The van der Waals surface area contributed by atoms with Gasteiger partial charge >= 0.3 is 0 Å². The minimum Gasteiger partial charge on any atom is -0.463 e. The highest BCUT2D eigenvalue weighted by molar-refractivity contribution is 7.85. The van der Waals surface area contributed by atoms with Crippen molar-refractivity contribution < 1.29 is 14.1 Å². The molecule has 2 bridgehead atoms. The Labute approximate surface area is 187 Å². The van der Waals surface area contributed by atoms with Gasteiger partial charge in [0.05, 0.1) is 17.2 Å². The maximum Gasteiger partial charge on any atom is 0.238 e. The van der Waals surface area contributed by atoms with Gasteiger partial charge in [0.25, 0.3) is 0 Å². The standard InChI is InChI=1S/C20H23ClN6O3S/c21-12-7-22-16(23-8-12)11-4-13-6-14(5-11)27(13)19-24-17(26-20(9-28)2-1-3-20)15-18(25-19)30-10-31(15)29/h7-8,11,13-14,28H,1-6,9-10H2,(H,24,25,26). The summed E-state index contributed by atoms with van der Waals surface area (Å²) in [5.41, 5.74) is -0.395. The van der Waals surface area contributed by atoms with Gasteiger partial charge in [0, 0.05) is 30.4 Å². The Morgan fingerprint density at radius 2 is 1.97 bits per heavy atom. The predicted molar refractivity (Wildman–Crippen MR) is 115 cm³/mol.